The number of amides is 1. The van der Waals surface area contributed by atoms with Gasteiger partial charge in [-0.25, -0.2) is 0 Å². The largest absolute Gasteiger partial charge is 0.342 e. The van der Waals surface area contributed by atoms with Gasteiger partial charge in [0.2, 0.25) is 0 Å². The lowest BCUT2D eigenvalue weighted by molar-refractivity contribution is 0.0639. The number of carbonyl (C=O) groups is 1. The van der Waals surface area contributed by atoms with E-state index in [2.05, 4.69) is 20.8 Å². The van der Waals surface area contributed by atoms with Gasteiger partial charge in [0.1, 0.15) is 5.69 Å². The number of carbonyl (C=O) groups excluding carboxylic acids is 1. The van der Waals surface area contributed by atoms with Gasteiger partial charge in [0.15, 0.2) is 0 Å². The quantitative estimate of drug-likeness (QED) is 0.690. The monoisotopic (exact) mass is 206 g/mol. The molecule has 0 N–H and O–H groups in total. The van der Waals surface area contributed by atoms with Crippen LogP contribution in [0.2, 0.25) is 0 Å². The van der Waals surface area contributed by atoms with Crippen LogP contribution in [0.3, 0.4) is 0 Å². The van der Waals surface area contributed by atoms with Gasteiger partial charge < -0.3 is 9.47 Å². The van der Waals surface area contributed by atoms with Crippen LogP contribution in [-0.4, -0.2) is 28.5 Å². The van der Waals surface area contributed by atoms with Gasteiger partial charge in [-0.05, 0) is 17.5 Å². The summed E-state index contributed by atoms with van der Waals surface area (Å²) in [5.41, 5.74) is 0.996. The Morgan fingerprint density at radius 3 is 2.73 bits per heavy atom. The first-order chi connectivity index (χ1) is 6.97. The Hall–Kier alpha value is -1.25. The van der Waals surface area contributed by atoms with Gasteiger partial charge in [-0.15, -0.1) is 0 Å². The summed E-state index contributed by atoms with van der Waals surface area (Å²) < 4.78 is 2.03. The zero-order chi connectivity index (χ0) is 11.1. The van der Waals surface area contributed by atoms with Crippen LogP contribution in [0, 0.1) is 5.41 Å². The molecule has 0 bridgehead atoms. The van der Waals surface area contributed by atoms with Crippen molar-refractivity contribution >= 4 is 5.91 Å². The molecule has 0 radical (unpaired) electrons. The maximum Gasteiger partial charge on any atom is 0.270 e. The molecule has 1 aromatic rings. The van der Waals surface area contributed by atoms with Crippen LogP contribution in [-0.2, 0) is 6.54 Å². The van der Waals surface area contributed by atoms with E-state index in [0.29, 0.717) is 0 Å². The fourth-order valence-electron chi connectivity index (χ4n) is 2.02. The topological polar surface area (TPSA) is 25.2 Å². The molecule has 1 amide bonds. The van der Waals surface area contributed by atoms with E-state index in [1.54, 1.807) is 0 Å². The molecule has 3 heteroatoms. The number of fused-ring (bicyclic) bond motifs is 1. The van der Waals surface area contributed by atoms with E-state index in [-0.39, 0.29) is 11.3 Å². The van der Waals surface area contributed by atoms with E-state index in [0.717, 1.165) is 25.3 Å². The van der Waals surface area contributed by atoms with Crippen LogP contribution in [0.1, 0.15) is 31.3 Å². The highest BCUT2D eigenvalue weighted by molar-refractivity contribution is 5.93. The van der Waals surface area contributed by atoms with Crippen LogP contribution in [0.4, 0.5) is 0 Å². The lowest BCUT2D eigenvalue weighted by Crippen LogP contribution is -2.43. The van der Waals surface area contributed by atoms with E-state index in [1.807, 2.05) is 27.8 Å². The molecule has 82 valence electrons. The first-order valence-corrected chi connectivity index (χ1v) is 5.42. The molecule has 1 aromatic heterocycles. The first-order valence-electron chi connectivity index (χ1n) is 5.42. The molecule has 0 saturated heterocycles. The van der Waals surface area contributed by atoms with Crippen LogP contribution in [0.25, 0.3) is 0 Å². The molecule has 0 spiro atoms. The Kier molecular flexibility index (Phi) is 2.33. The predicted octanol–water partition coefficient (Wildman–Crippen LogP) is 1.99. The van der Waals surface area contributed by atoms with Gasteiger partial charge in [0, 0.05) is 25.8 Å². The standard InChI is InChI=1S/C12H18N2O/c1-12(2,3)9-14-8-7-13-6-4-5-10(13)11(14)15/h4-6H,7-9H2,1-3H3. The molecule has 0 aliphatic carbocycles. The van der Waals surface area contributed by atoms with Crippen LogP contribution >= 0.6 is 0 Å². The third kappa shape index (κ3) is 2.06. The third-order valence-electron chi connectivity index (χ3n) is 2.61. The molecule has 1 aliphatic heterocycles. The second-order valence-corrected chi connectivity index (χ2v) is 5.37. The number of hydrogen-bond donors (Lipinski definition) is 0. The number of aromatic nitrogens is 1. The van der Waals surface area contributed by atoms with E-state index in [9.17, 15) is 4.79 Å². The summed E-state index contributed by atoms with van der Waals surface area (Å²) in [6.07, 6.45) is 1.97. The average Bonchev–Trinajstić information content (AvgIpc) is 2.56. The van der Waals surface area contributed by atoms with E-state index < -0.39 is 0 Å². The Labute approximate surface area is 90.7 Å². The third-order valence-corrected chi connectivity index (χ3v) is 2.61. The summed E-state index contributed by atoms with van der Waals surface area (Å²) in [5.74, 6) is 0.168. The molecule has 2 heterocycles. The van der Waals surface area contributed by atoms with Crippen molar-refractivity contribution in [2.45, 2.75) is 27.3 Å². The van der Waals surface area contributed by atoms with Gasteiger partial charge in [-0.2, -0.15) is 0 Å². The second kappa shape index (κ2) is 3.40. The molecule has 2 rings (SSSR count). The Morgan fingerprint density at radius 2 is 2.07 bits per heavy atom. The van der Waals surface area contributed by atoms with Crippen molar-refractivity contribution in [1.82, 2.24) is 9.47 Å². The Morgan fingerprint density at radius 1 is 1.33 bits per heavy atom. The molecule has 15 heavy (non-hydrogen) atoms. The normalized spacial score (nSPS) is 16.7. The smallest absolute Gasteiger partial charge is 0.270 e. The highest BCUT2D eigenvalue weighted by atomic mass is 16.2. The minimum absolute atomic E-state index is 0.168. The molecule has 0 fully saturated rings. The fraction of sp³-hybridized carbons (Fsp3) is 0.583. The fourth-order valence-corrected chi connectivity index (χ4v) is 2.02. The number of hydrogen-bond acceptors (Lipinski definition) is 1. The van der Waals surface area contributed by atoms with Crippen molar-refractivity contribution in [2.75, 3.05) is 13.1 Å². The van der Waals surface area contributed by atoms with Crippen molar-refractivity contribution in [3.05, 3.63) is 24.0 Å². The lowest BCUT2D eigenvalue weighted by atomic mass is 9.95. The summed E-state index contributed by atoms with van der Waals surface area (Å²) in [5, 5.41) is 0. The maximum atomic E-state index is 12.1. The SMILES string of the molecule is CC(C)(C)CN1CCn2cccc2C1=O. The second-order valence-electron chi connectivity index (χ2n) is 5.37. The first kappa shape index (κ1) is 10.3. The minimum Gasteiger partial charge on any atom is -0.342 e. The summed E-state index contributed by atoms with van der Waals surface area (Å²) in [7, 11) is 0. The van der Waals surface area contributed by atoms with Crippen molar-refractivity contribution in [3.63, 3.8) is 0 Å². The van der Waals surface area contributed by atoms with Gasteiger partial charge in [-0.3, -0.25) is 4.79 Å². The summed E-state index contributed by atoms with van der Waals surface area (Å²) in [6.45, 7) is 9.06. The summed E-state index contributed by atoms with van der Waals surface area (Å²) in [4.78, 5) is 14.0. The Balaban J connectivity index is 2.17. The van der Waals surface area contributed by atoms with Crippen LogP contribution in [0.15, 0.2) is 18.3 Å². The van der Waals surface area contributed by atoms with Crippen LogP contribution in [0.5, 0.6) is 0 Å². The lowest BCUT2D eigenvalue weighted by Gasteiger charge is -2.33. The molecule has 0 unspecified atom stereocenters. The van der Waals surface area contributed by atoms with Gasteiger partial charge in [0.25, 0.3) is 5.91 Å². The molecule has 0 saturated carbocycles. The number of rotatable bonds is 1. The molecule has 0 aromatic carbocycles. The molecular formula is C12H18N2O. The highest BCUT2D eigenvalue weighted by Gasteiger charge is 2.26. The maximum absolute atomic E-state index is 12.1. The molecule has 1 aliphatic rings. The van der Waals surface area contributed by atoms with Crippen molar-refractivity contribution in [3.8, 4) is 0 Å². The van der Waals surface area contributed by atoms with Crippen molar-refractivity contribution in [2.24, 2.45) is 5.41 Å². The van der Waals surface area contributed by atoms with E-state index >= 15 is 0 Å². The van der Waals surface area contributed by atoms with E-state index in [4.69, 9.17) is 0 Å². The van der Waals surface area contributed by atoms with Crippen molar-refractivity contribution < 1.29 is 4.79 Å². The van der Waals surface area contributed by atoms with E-state index in [1.165, 1.54) is 0 Å². The van der Waals surface area contributed by atoms with Crippen LogP contribution < -0.4 is 0 Å². The average molecular weight is 206 g/mol. The zero-order valence-electron chi connectivity index (χ0n) is 9.66. The molecular weight excluding hydrogens is 188 g/mol. The number of nitrogens with zero attached hydrogens (tertiary/aromatic N) is 2. The predicted molar refractivity (Wildman–Crippen MR) is 59.8 cm³/mol. The molecule has 3 nitrogen and oxygen atoms in total. The Bertz CT molecular complexity index is 373. The van der Waals surface area contributed by atoms with Gasteiger partial charge >= 0.3 is 0 Å². The van der Waals surface area contributed by atoms with Gasteiger partial charge in [-0.1, -0.05) is 20.8 Å². The highest BCUT2D eigenvalue weighted by Crippen LogP contribution is 2.20. The minimum atomic E-state index is 0.168. The summed E-state index contributed by atoms with van der Waals surface area (Å²) in [6, 6.07) is 3.84. The van der Waals surface area contributed by atoms with Gasteiger partial charge in [0.05, 0.1) is 0 Å². The summed E-state index contributed by atoms with van der Waals surface area (Å²) >= 11 is 0. The van der Waals surface area contributed by atoms with Crippen molar-refractivity contribution in [1.29, 1.82) is 0 Å². The zero-order valence-corrected chi connectivity index (χ0v) is 9.66. The molecule has 0 atom stereocenters.